The first kappa shape index (κ1) is 15.3. The molecule has 116 valence electrons. The van der Waals surface area contributed by atoms with Gasteiger partial charge in [-0.05, 0) is 38.1 Å². The fraction of sp³-hybridized carbons (Fsp3) is 0.111. The molecular weight excluding hydrogens is 310 g/mol. The third-order valence-corrected chi connectivity index (χ3v) is 3.91. The molecule has 1 heterocycles. The van der Waals surface area contributed by atoms with Crippen LogP contribution in [0.2, 0.25) is 5.15 Å². The largest absolute Gasteiger partial charge is 0.322 e. The number of carbonyl (C=O) groups excluding carboxylic acids is 1. The minimum Gasteiger partial charge on any atom is -0.322 e. The first-order chi connectivity index (χ1) is 11.0. The molecule has 3 rings (SSSR count). The lowest BCUT2D eigenvalue weighted by Gasteiger charge is -2.06. The van der Waals surface area contributed by atoms with Crippen molar-refractivity contribution in [2.45, 2.75) is 13.8 Å². The second-order valence-corrected chi connectivity index (χ2v) is 5.77. The van der Waals surface area contributed by atoms with Gasteiger partial charge in [0.25, 0.3) is 5.91 Å². The number of halogens is 1. The van der Waals surface area contributed by atoms with Gasteiger partial charge >= 0.3 is 0 Å². The molecule has 2 aromatic carbocycles. The van der Waals surface area contributed by atoms with E-state index in [1.165, 1.54) is 6.20 Å². The fourth-order valence-corrected chi connectivity index (χ4v) is 2.46. The van der Waals surface area contributed by atoms with Crippen molar-refractivity contribution in [2.75, 3.05) is 5.32 Å². The number of benzene rings is 2. The molecule has 0 unspecified atom stereocenters. The maximum atomic E-state index is 12.4. The van der Waals surface area contributed by atoms with Crippen LogP contribution in [0.15, 0.2) is 54.7 Å². The van der Waals surface area contributed by atoms with Gasteiger partial charge < -0.3 is 5.32 Å². The van der Waals surface area contributed by atoms with Crippen molar-refractivity contribution in [1.82, 2.24) is 9.78 Å². The van der Waals surface area contributed by atoms with Crippen LogP contribution in [0.5, 0.6) is 0 Å². The normalized spacial score (nSPS) is 10.6. The van der Waals surface area contributed by atoms with Crippen LogP contribution in [0.25, 0.3) is 5.69 Å². The smallest absolute Gasteiger partial charge is 0.260 e. The van der Waals surface area contributed by atoms with Gasteiger partial charge in [-0.2, -0.15) is 5.10 Å². The molecule has 4 nitrogen and oxygen atoms in total. The lowest BCUT2D eigenvalue weighted by Crippen LogP contribution is -2.11. The molecule has 0 spiro atoms. The molecule has 0 aliphatic heterocycles. The zero-order valence-electron chi connectivity index (χ0n) is 12.9. The van der Waals surface area contributed by atoms with Crippen molar-refractivity contribution in [1.29, 1.82) is 0 Å². The van der Waals surface area contributed by atoms with Gasteiger partial charge in [0, 0.05) is 5.69 Å². The molecule has 1 amide bonds. The van der Waals surface area contributed by atoms with E-state index < -0.39 is 0 Å². The first-order valence-electron chi connectivity index (χ1n) is 7.23. The van der Waals surface area contributed by atoms with Crippen LogP contribution >= 0.6 is 11.6 Å². The maximum Gasteiger partial charge on any atom is 0.260 e. The minimum atomic E-state index is -0.280. The lowest BCUT2D eigenvalue weighted by atomic mass is 10.2. The average molecular weight is 326 g/mol. The summed E-state index contributed by atoms with van der Waals surface area (Å²) in [6, 6.07) is 15.3. The van der Waals surface area contributed by atoms with Gasteiger partial charge in [-0.15, -0.1) is 0 Å². The van der Waals surface area contributed by atoms with E-state index >= 15 is 0 Å². The highest BCUT2D eigenvalue weighted by Gasteiger charge is 2.17. The SMILES string of the molecule is Cc1ccc(NC(=O)c2cnn(-c3ccc(C)cc3)c2Cl)cc1. The Bertz CT molecular complexity index is 836. The van der Waals surface area contributed by atoms with Crippen LogP contribution < -0.4 is 5.32 Å². The highest BCUT2D eigenvalue weighted by atomic mass is 35.5. The minimum absolute atomic E-state index is 0.280. The molecule has 5 heteroatoms. The second-order valence-electron chi connectivity index (χ2n) is 5.42. The van der Waals surface area contributed by atoms with Crippen molar-refractivity contribution in [2.24, 2.45) is 0 Å². The molecule has 0 saturated heterocycles. The summed E-state index contributed by atoms with van der Waals surface area (Å²) in [7, 11) is 0. The van der Waals surface area contributed by atoms with Crippen LogP contribution in [0.3, 0.4) is 0 Å². The molecular formula is C18H16ClN3O. The molecule has 0 atom stereocenters. The van der Waals surface area contributed by atoms with Crippen molar-refractivity contribution in [3.63, 3.8) is 0 Å². The van der Waals surface area contributed by atoms with Crippen LogP contribution in [-0.2, 0) is 0 Å². The Morgan fingerprint density at radius 3 is 2.17 bits per heavy atom. The number of aryl methyl sites for hydroxylation is 2. The topological polar surface area (TPSA) is 46.9 Å². The summed E-state index contributed by atoms with van der Waals surface area (Å²) in [6.45, 7) is 4.00. The summed E-state index contributed by atoms with van der Waals surface area (Å²) >= 11 is 6.32. The van der Waals surface area contributed by atoms with E-state index in [0.717, 1.165) is 22.5 Å². The van der Waals surface area contributed by atoms with Gasteiger partial charge in [-0.25, -0.2) is 4.68 Å². The highest BCUT2D eigenvalue weighted by Crippen LogP contribution is 2.21. The predicted molar refractivity (Wildman–Crippen MR) is 92.4 cm³/mol. The van der Waals surface area contributed by atoms with E-state index in [2.05, 4.69) is 10.4 Å². The Balaban J connectivity index is 1.85. The Morgan fingerprint density at radius 2 is 1.57 bits per heavy atom. The maximum absolute atomic E-state index is 12.4. The van der Waals surface area contributed by atoms with Gasteiger partial charge in [0.15, 0.2) is 0 Å². The van der Waals surface area contributed by atoms with E-state index in [4.69, 9.17) is 11.6 Å². The van der Waals surface area contributed by atoms with Crippen LogP contribution in [0.4, 0.5) is 5.69 Å². The van der Waals surface area contributed by atoms with E-state index in [1.54, 1.807) is 4.68 Å². The Morgan fingerprint density at radius 1 is 1.00 bits per heavy atom. The standard InChI is InChI=1S/C18H16ClN3O/c1-12-3-7-14(8-4-12)21-18(23)16-11-20-22(17(16)19)15-9-5-13(2)6-10-15/h3-11H,1-2H3,(H,21,23). The number of carbonyl (C=O) groups is 1. The summed E-state index contributed by atoms with van der Waals surface area (Å²) in [5, 5.41) is 7.33. The molecule has 1 aromatic heterocycles. The van der Waals surface area contributed by atoms with Crippen molar-refractivity contribution in [3.8, 4) is 5.69 Å². The number of hydrogen-bond acceptors (Lipinski definition) is 2. The number of amides is 1. The van der Waals surface area contributed by atoms with E-state index in [9.17, 15) is 4.79 Å². The fourth-order valence-electron chi connectivity index (χ4n) is 2.19. The van der Waals surface area contributed by atoms with E-state index in [0.29, 0.717) is 10.7 Å². The summed E-state index contributed by atoms with van der Waals surface area (Å²) < 4.78 is 1.55. The molecule has 0 radical (unpaired) electrons. The molecule has 0 bridgehead atoms. The molecule has 0 aliphatic carbocycles. The summed E-state index contributed by atoms with van der Waals surface area (Å²) in [5.74, 6) is -0.280. The quantitative estimate of drug-likeness (QED) is 0.776. The summed E-state index contributed by atoms with van der Waals surface area (Å²) in [6.07, 6.45) is 1.48. The lowest BCUT2D eigenvalue weighted by molar-refractivity contribution is 0.102. The Labute approximate surface area is 139 Å². The third kappa shape index (κ3) is 3.27. The molecule has 0 saturated carbocycles. The zero-order chi connectivity index (χ0) is 16.4. The predicted octanol–water partition coefficient (Wildman–Crippen LogP) is 4.39. The first-order valence-corrected chi connectivity index (χ1v) is 7.61. The second kappa shape index (κ2) is 6.26. The third-order valence-electron chi connectivity index (χ3n) is 3.54. The van der Waals surface area contributed by atoms with Crippen molar-refractivity contribution >= 4 is 23.2 Å². The molecule has 1 N–H and O–H groups in total. The zero-order valence-corrected chi connectivity index (χ0v) is 13.6. The van der Waals surface area contributed by atoms with Crippen LogP contribution in [0.1, 0.15) is 21.5 Å². The summed E-state index contributed by atoms with van der Waals surface area (Å²) in [5.41, 5.74) is 4.16. The number of hydrogen-bond donors (Lipinski definition) is 1. The molecule has 0 fully saturated rings. The van der Waals surface area contributed by atoms with Crippen LogP contribution in [-0.4, -0.2) is 15.7 Å². The van der Waals surface area contributed by atoms with Crippen molar-refractivity contribution in [3.05, 3.63) is 76.6 Å². The highest BCUT2D eigenvalue weighted by molar-refractivity contribution is 6.33. The molecule has 23 heavy (non-hydrogen) atoms. The molecule has 3 aromatic rings. The monoisotopic (exact) mass is 325 g/mol. The summed E-state index contributed by atoms with van der Waals surface area (Å²) in [4.78, 5) is 12.4. The van der Waals surface area contributed by atoms with Crippen LogP contribution in [0, 0.1) is 13.8 Å². The number of aromatic nitrogens is 2. The number of nitrogens with one attached hydrogen (secondary N) is 1. The van der Waals surface area contributed by atoms with E-state index in [1.807, 2.05) is 62.4 Å². The Hall–Kier alpha value is -2.59. The number of nitrogens with zero attached hydrogens (tertiary/aromatic N) is 2. The van der Waals surface area contributed by atoms with Crippen molar-refractivity contribution < 1.29 is 4.79 Å². The van der Waals surface area contributed by atoms with E-state index in [-0.39, 0.29) is 5.91 Å². The number of rotatable bonds is 3. The Kier molecular flexibility index (Phi) is 4.17. The van der Waals surface area contributed by atoms with Gasteiger partial charge in [0.2, 0.25) is 0 Å². The van der Waals surface area contributed by atoms with Gasteiger partial charge in [-0.1, -0.05) is 47.0 Å². The van der Waals surface area contributed by atoms with Gasteiger partial charge in [0.05, 0.1) is 17.4 Å². The van der Waals surface area contributed by atoms with Gasteiger partial charge in [-0.3, -0.25) is 4.79 Å². The average Bonchev–Trinajstić information content (AvgIpc) is 2.92. The van der Waals surface area contributed by atoms with Gasteiger partial charge in [0.1, 0.15) is 5.15 Å². The molecule has 0 aliphatic rings. The number of anilines is 1.